The number of hydrazine groups is 1. The van der Waals surface area contributed by atoms with Gasteiger partial charge in [0.15, 0.2) is 0 Å². The van der Waals surface area contributed by atoms with Crippen LogP contribution in [0.15, 0.2) is 23.3 Å². The van der Waals surface area contributed by atoms with Crippen LogP contribution in [0.3, 0.4) is 0 Å². The van der Waals surface area contributed by atoms with E-state index < -0.39 is 0 Å². The van der Waals surface area contributed by atoms with Crippen molar-refractivity contribution in [3.63, 3.8) is 0 Å². The largest absolute Gasteiger partial charge is 0.469 e. The van der Waals surface area contributed by atoms with Gasteiger partial charge in [-0.15, -0.1) is 0 Å². The average molecular weight is 235 g/mol. The van der Waals surface area contributed by atoms with E-state index in [4.69, 9.17) is 16.0 Å². The first-order valence-electron chi connectivity index (χ1n) is 5.31. The fraction of sp³-hybridized carbons (Fsp3) is 0.364. The molecule has 92 valence electrons. The van der Waals surface area contributed by atoms with Crippen molar-refractivity contribution >= 4 is 11.5 Å². The molecule has 0 amide bonds. The van der Waals surface area contributed by atoms with Gasteiger partial charge in [0.25, 0.3) is 0 Å². The second-order valence-electron chi connectivity index (χ2n) is 3.36. The van der Waals surface area contributed by atoms with E-state index in [0.717, 1.165) is 5.56 Å². The quantitative estimate of drug-likeness (QED) is 0.303. The predicted molar refractivity (Wildman–Crippen MR) is 67.5 cm³/mol. The third kappa shape index (κ3) is 4.20. The lowest BCUT2D eigenvalue weighted by Gasteiger charge is -2.07. The number of nitrogens with zero attached hydrogens (tertiary/aromatic N) is 2. The minimum Gasteiger partial charge on any atom is -0.469 e. The molecule has 1 heterocycles. The van der Waals surface area contributed by atoms with Crippen LogP contribution in [-0.2, 0) is 0 Å². The van der Waals surface area contributed by atoms with Crippen molar-refractivity contribution in [2.75, 3.05) is 13.2 Å². The van der Waals surface area contributed by atoms with Gasteiger partial charge in [-0.1, -0.05) is 0 Å². The molecule has 6 heteroatoms. The van der Waals surface area contributed by atoms with Crippen molar-refractivity contribution in [1.29, 1.82) is 5.41 Å². The number of amidine groups is 1. The molecular weight excluding hydrogens is 218 g/mol. The lowest BCUT2D eigenvalue weighted by atomic mass is 10.2. The lowest BCUT2D eigenvalue weighted by molar-refractivity contribution is 0.357. The van der Waals surface area contributed by atoms with Crippen molar-refractivity contribution in [3.8, 4) is 5.88 Å². The minimum atomic E-state index is 0.250. The molecule has 0 aromatic carbocycles. The van der Waals surface area contributed by atoms with Gasteiger partial charge in [0.05, 0.1) is 0 Å². The maximum absolute atomic E-state index is 7.43. The Morgan fingerprint density at radius 3 is 2.82 bits per heavy atom. The maximum Gasteiger partial charge on any atom is 0.213 e. The Bertz CT molecular complexity index is 399. The fourth-order valence-electron chi connectivity index (χ4n) is 1.15. The molecule has 0 aliphatic rings. The van der Waals surface area contributed by atoms with Gasteiger partial charge in [0.2, 0.25) is 5.88 Å². The normalized spacial score (nSPS) is 11.1. The molecule has 0 atom stereocenters. The summed E-state index contributed by atoms with van der Waals surface area (Å²) in [7, 11) is 0. The number of nitrogens with one attached hydrogen (secondary N) is 2. The van der Waals surface area contributed by atoms with Gasteiger partial charge in [-0.05, 0) is 19.9 Å². The van der Waals surface area contributed by atoms with Gasteiger partial charge in [-0.2, -0.15) is 0 Å². The molecule has 1 aromatic heterocycles. The molecular formula is C11H17N5O. The van der Waals surface area contributed by atoms with Crippen LogP contribution in [0.5, 0.6) is 5.88 Å². The summed E-state index contributed by atoms with van der Waals surface area (Å²) < 4.78 is 5.39. The van der Waals surface area contributed by atoms with Crippen LogP contribution in [0.25, 0.3) is 0 Å². The standard InChI is InChI=1S/C11H17N5O/c1-3-14-10(16-13)7-17-11-5-4-9(6-15-11)8(2)12/h4-6,12H,3,7,13H2,1-2H3,(H,14,16). The third-order valence-corrected chi connectivity index (χ3v) is 2.04. The molecule has 0 spiro atoms. The van der Waals surface area contributed by atoms with Crippen molar-refractivity contribution in [1.82, 2.24) is 10.4 Å². The average Bonchev–Trinajstić information content (AvgIpc) is 2.35. The maximum atomic E-state index is 7.43. The smallest absolute Gasteiger partial charge is 0.213 e. The van der Waals surface area contributed by atoms with Crippen LogP contribution in [0.2, 0.25) is 0 Å². The Balaban J connectivity index is 2.58. The van der Waals surface area contributed by atoms with Crippen LogP contribution < -0.4 is 16.0 Å². The highest BCUT2D eigenvalue weighted by Gasteiger charge is 2.01. The fourth-order valence-corrected chi connectivity index (χ4v) is 1.15. The molecule has 0 saturated heterocycles. The first kappa shape index (κ1) is 13.1. The second kappa shape index (κ2) is 6.59. The number of aliphatic imine (C=N–C) groups is 1. The van der Waals surface area contributed by atoms with Gasteiger partial charge in [0, 0.05) is 30.1 Å². The second-order valence-corrected chi connectivity index (χ2v) is 3.36. The Kier molecular flexibility index (Phi) is 5.09. The molecule has 0 fully saturated rings. The van der Waals surface area contributed by atoms with Crippen LogP contribution in [-0.4, -0.2) is 29.7 Å². The monoisotopic (exact) mass is 235 g/mol. The van der Waals surface area contributed by atoms with Crippen LogP contribution in [0, 0.1) is 5.41 Å². The topological polar surface area (TPSA) is 96.4 Å². The van der Waals surface area contributed by atoms with Crippen molar-refractivity contribution in [2.45, 2.75) is 13.8 Å². The Morgan fingerprint density at radius 2 is 2.35 bits per heavy atom. The lowest BCUT2D eigenvalue weighted by Crippen LogP contribution is -2.35. The number of pyridine rings is 1. The minimum absolute atomic E-state index is 0.250. The summed E-state index contributed by atoms with van der Waals surface area (Å²) in [5.74, 6) is 6.33. The molecule has 0 aliphatic heterocycles. The zero-order valence-electron chi connectivity index (χ0n) is 10.0. The molecule has 0 radical (unpaired) electrons. The summed E-state index contributed by atoms with van der Waals surface area (Å²) in [6.45, 7) is 4.52. The number of rotatable bonds is 5. The highest BCUT2D eigenvalue weighted by Crippen LogP contribution is 2.07. The summed E-state index contributed by atoms with van der Waals surface area (Å²) in [4.78, 5) is 8.18. The first-order chi connectivity index (χ1) is 8.17. The molecule has 0 unspecified atom stereocenters. The summed E-state index contributed by atoms with van der Waals surface area (Å²) >= 11 is 0. The van der Waals surface area contributed by atoms with Crippen LogP contribution in [0.4, 0.5) is 0 Å². The predicted octanol–water partition coefficient (Wildman–Crippen LogP) is 0.730. The highest BCUT2D eigenvalue weighted by molar-refractivity contribution is 5.95. The molecule has 0 saturated carbocycles. The van der Waals surface area contributed by atoms with E-state index in [1.54, 1.807) is 25.3 Å². The molecule has 0 aliphatic carbocycles. The number of ether oxygens (including phenoxy) is 1. The summed E-state index contributed by atoms with van der Waals surface area (Å²) in [5, 5.41) is 7.43. The molecule has 17 heavy (non-hydrogen) atoms. The first-order valence-corrected chi connectivity index (χ1v) is 5.31. The van der Waals surface area contributed by atoms with Crippen molar-refractivity contribution in [2.24, 2.45) is 10.8 Å². The zero-order valence-corrected chi connectivity index (χ0v) is 10.0. The highest BCUT2D eigenvalue weighted by atomic mass is 16.5. The molecule has 4 N–H and O–H groups in total. The SMILES string of the molecule is CCN=C(COc1ccc(C(C)=N)cn1)NN. The summed E-state index contributed by atoms with van der Waals surface area (Å²) in [6, 6.07) is 3.50. The Morgan fingerprint density at radius 1 is 1.59 bits per heavy atom. The van der Waals surface area contributed by atoms with E-state index in [9.17, 15) is 0 Å². The van der Waals surface area contributed by atoms with Gasteiger partial charge < -0.3 is 15.6 Å². The van der Waals surface area contributed by atoms with E-state index in [0.29, 0.717) is 24.0 Å². The summed E-state index contributed by atoms with van der Waals surface area (Å²) in [5.41, 5.74) is 3.71. The van der Waals surface area contributed by atoms with Gasteiger partial charge >= 0.3 is 0 Å². The van der Waals surface area contributed by atoms with Gasteiger partial charge in [-0.3, -0.25) is 4.99 Å². The number of hydrogen-bond donors (Lipinski definition) is 3. The third-order valence-electron chi connectivity index (χ3n) is 2.04. The number of aromatic nitrogens is 1. The number of hydrogen-bond acceptors (Lipinski definition) is 5. The van der Waals surface area contributed by atoms with E-state index in [1.807, 2.05) is 6.92 Å². The summed E-state index contributed by atoms with van der Waals surface area (Å²) in [6.07, 6.45) is 1.60. The Hall–Kier alpha value is -1.95. The Labute approximate surface area is 100 Å². The van der Waals surface area contributed by atoms with Gasteiger partial charge in [0.1, 0.15) is 12.4 Å². The molecule has 6 nitrogen and oxygen atoms in total. The zero-order chi connectivity index (χ0) is 12.7. The molecule has 1 aromatic rings. The molecule has 0 bridgehead atoms. The van der Waals surface area contributed by atoms with E-state index in [1.165, 1.54) is 0 Å². The van der Waals surface area contributed by atoms with Crippen molar-refractivity contribution in [3.05, 3.63) is 23.9 Å². The van der Waals surface area contributed by atoms with E-state index in [-0.39, 0.29) is 6.61 Å². The number of nitrogens with two attached hydrogens (primary N) is 1. The van der Waals surface area contributed by atoms with E-state index in [2.05, 4.69) is 15.4 Å². The van der Waals surface area contributed by atoms with Crippen LogP contribution in [0.1, 0.15) is 19.4 Å². The van der Waals surface area contributed by atoms with Gasteiger partial charge in [-0.25, -0.2) is 10.8 Å². The molecule has 1 rings (SSSR count). The van der Waals surface area contributed by atoms with Crippen LogP contribution >= 0.6 is 0 Å². The van der Waals surface area contributed by atoms with Crippen molar-refractivity contribution < 1.29 is 4.74 Å². The van der Waals surface area contributed by atoms with E-state index >= 15 is 0 Å².